The molecule has 0 aromatic carbocycles. The fourth-order valence-electron chi connectivity index (χ4n) is 1.62. The molecule has 0 aromatic rings. The van der Waals surface area contributed by atoms with Crippen LogP contribution in [0.5, 0.6) is 0 Å². The lowest BCUT2D eigenvalue weighted by Gasteiger charge is -2.15. The Labute approximate surface area is 101 Å². The molecule has 0 aliphatic carbocycles. The van der Waals surface area contributed by atoms with Crippen molar-refractivity contribution >= 4 is 11.9 Å². The first-order chi connectivity index (χ1) is 8.00. The van der Waals surface area contributed by atoms with Gasteiger partial charge in [0.05, 0.1) is 0 Å². The van der Waals surface area contributed by atoms with Gasteiger partial charge in [-0.15, -0.1) is 0 Å². The molecule has 1 amide bonds. The molecule has 17 heavy (non-hydrogen) atoms. The van der Waals surface area contributed by atoms with Gasteiger partial charge >= 0.3 is 5.97 Å². The van der Waals surface area contributed by atoms with Gasteiger partial charge < -0.3 is 15.2 Å². The molecule has 0 spiro atoms. The third-order valence-electron chi connectivity index (χ3n) is 2.60. The molecular weight excluding hydrogens is 222 g/mol. The van der Waals surface area contributed by atoms with E-state index in [-0.39, 0.29) is 5.91 Å². The van der Waals surface area contributed by atoms with E-state index in [9.17, 15) is 9.59 Å². The van der Waals surface area contributed by atoms with Gasteiger partial charge in [-0.2, -0.15) is 0 Å². The summed E-state index contributed by atoms with van der Waals surface area (Å²) in [5.74, 6) is -1.34. The average Bonchev–Trinajstić information content (AvgIpc) is 2.76. The van der Waals surface area contributed by atoms with Gasteiger partial charge in [0, 0.05) is 6.61 Å². The highest BCUT2D eigenvalue weighted by Gasteiger charge is 2.27. The number of hydrogen-bond donors (Lipinski definition) is 2. The van der Waals surface area contributed by atoms with Crippen LogP contribution in [0.3, 0.4) is 0 Å². The second-order valence-electron chi connectivity index (χ2n) is 4.42. The highest BCUT2D eigenvalue weighted by atomic mass is 16.5. The van der Waals surface area contributed by atoms with Crippen LogP contribution in [-0.4, -0.2) is 35.7 Å². The molecule has 2 atom stereocenters. The van der Waals surface area contributed by atoms with Gasteiger partial charge in [0.1, 0.15) is 12.1 Å². The van der Waals surface area contributed by atoms with E-state index in [1.54, 1.807) is 6.08 Å². The number of carbonyl (C=O) groups excluding carboxylic acids is 1. The minimum Gasteiger partial charge on any atom is -0.480 e. The first-order valence-electron chi connectivity index (χ1n) is 5.79. The van der Waals surface area contributed by atoms with Crippen LogP contribution in [-0.2, 0) is 14.3 Å². The summed E-state index contributed by atoms with van der Waals surface area (Å²) >= 11 is 0. The lowest BCUT2D eigenvalue weighted by Crippen LogP contribution is -2.45. The third-order valence-corrected chi connectivity index (χ3v) is 2.60. The summed E-state index contributed by atoms with van der Waals surface area (Å²) in [6.07, 6.45) is 3.14. The Morgan fingerprint density at radius 2 is 2.24 bits per heavy atom. The summed E-state index contributed by atoms with van der Waals surface area (Å²) in [5, 5.41) is 11.5. The predicted octanol–water partition coefficient (Wildman–Crippen LogP) is 1.09. The second-order valence-corrected chi connectivity index (χ2v) is 4.42. The van der Waals surface area contributed by atoms with Crippen LogP contribution in [0.4, 0.5) is 0 Å². The highest BCUT2D eigenvalue weighted by molar-refractivity contribution is 5.86. The van der Waals surface area contributed by atoms with E-state index >= 15 is 0 Å². The van der Waals surface area contributed by atoms with Crippen molar-refractivity contribution in [1.82, 2.24) is 5.32 Å². The van der Waals surface area contributed by atoms with Crippen molar-refractivity contribution < 1.29 is 19.4 Å². The molecule has 2 N–H and O–H groups in total. The Hall–Kier alpha value is -1.36. The lowest BCUT2D eigenvalue weighted by atomic mass is 10.1. The molecule has 1 heterocycles. The van der Waals surface area contributed by atoms with Crippen LogP contribution in [0.1, 0.15) is 33.1 Å². The van der Waals surface area contributed by atoms with Crippen molar-refractivity contribution in [3.8, 4) is 0 Å². The number of carboxylic acid groups (broad SMARTS) is 1. The molecule has 1 aliphatic heterocycles. The SMILES string of the molecule is CC(C)=CC[C@H](NC(=O)[C@H]1CCCO1)C(=O)O. The summed E-state index contributed by atoms with van der Waals surface area (Å²) in [7, 11) is 0. The number of amides is 1. The molecule has 0 unspecified atom stereocenters. The average molecular weight is 241 g/mol. The quantitative estimate of drug-likeness (QED) is 0.706. The summed E-state index contributed by atoms with van der Waals surface area (Å²) in [6.45, 7) is 4.35. The van der Waals surface area contributed by atoms with Crippen LogP contribution < -0.4 is 5.32 Å². The van der Waals surface area contributed by atoms with Gasteiger partial charge in [0.2, 0.25) is 5.91 Å². The molecule has 1 fully saturated rings. The van der Waals surface area contributed by atoms with E-state index in [0.29, 0.717) is 19.4 Å². The van der Waals surface area contributed by atoms with Crippen LogP contribution in [0.25, 0.3) is 0 Å². The number of rotatable bonds is 5. The van der Waals surface area contributed by atoms with E-state index in [4.69, 9.17) is 9.84 Å². The first-order valence-corrected chi connectivity index (χ1v) is 5.79. The van der Waals surface area contributed by atoms with E-state index in [0.717, 1.165) is 12.0 Å². The molecule has 1 aliphatic rings. The Kier molecular flexibility index (Phi) is 5.15. The largest absolute Gasteiger partial charge is 0.480 e. The van der Waals surface area contributed by atoms with E-state index in [2.05, 4.69) is 5.32 Å². The smallest absolute Gasteiger partial charge is 0.326 e. The summed E-state index contributed by atoms with van der Waals surface area (Å²) in [6, 6.07) is -0.874. The number of aliphatic carboxylic acids is 1. The summed E-state index contributed by atoms with van der Waals surface area (Å²) in [5.41, 5.74) is 1.03. The fraction of sp³-hybridized carbons (Fsp3) is 0.667. The summed E-state index contributed by atoms with van der Waals surface area (Å²) < 4.78 is 5.20. The Balaban J connectivity index is 2.51. The van der Waals surface area contributed by atoms with Crippen molar-refractivity contribution in [3.05, 3.63) is 11.6 Å². The maximum atomic E-state index is 11.7. The molecule has 0 bridgehead atoms. The molecule has 1 rings (SSSR count). The minimum atomic E-state index is -1.02. The Bertz CT molecular complexity index is 314. The molecule has 5 heteroatoms. The van der Waals surface area contributed by atoms with E-state index < -0.39 is 18.1 Å². The predicted molar refractivity (Wildman–Crippen MR) is 62.6 cm³/mol. The van der Waals surface area contributed by atoms with Gasteiger partial charge in [0.15, 0.2) is 0 Å². The van der Waals surface area contributed by atoms with Crippen LogP contribution in [0, 0.1) is 0 Å². The Morgan fingerprint density at radius 1 is 1.53 bits per heavy atom. The maximum Gasteiger partial charge on any atom is 0.326 e. The molecule has 96 valence electrons. The number of ether oxygens (including phenoxy) is 1. The molecule has 0 radical (unpaired) electrons. The van der Waals surface area contributed by atoms with Gasteiger partial charge in [0.25, 0.3) is 0 Å². The van der Waals surface area contributed by atoms with Crippen molar-refractivity contribution in [2.24, 2.45) is 0 Å². The zero-order valence-corrected chi connectivity index (χ0v) is 10.2. The standard InChI is InChI=1S/C12H19NO4/c1-8(2)5-6-9(12(15)16)13-11(14)10-4-3-7-17-10/h5,9-10H,3-4,6-7H2,1-2H3,(H,13,14)(H,15,16)/t9-,10+/m0/s1. The zero-order chi connectivity index (χ0) is 12.8. The number of carbonyl (C=O) groups is 2. The van der Waals surface area contributed by atoms with Gasteiger partial charge in [-0.05, 0) is 33.1 Å². The topological polar surface area (TPSA) is 75.6 Å². The molecular formula is C12H19NO4. The van der Waals surface area contributed by atoms with Crippen molar-refractivity contribution in [3.63, 3.8) is 0 Å². The zero-order valence-electron chi connectivity index (χ0n) is 10.2. The van der Waals surface area contributed by atoms with Crippen LogP contribution in [0.2, 0.25) is 0 Å². The first kappa shape index (κ1) is 13.7. The second kappa shape index (κ2) is 6.39. The van der Waals surface area contributed by atoms with E-state index in [1.807, 2.05) is 13.8 Å². The summed E-state index contributed by atoms with van der Waals surface area (Å²) in [4.78, 5) is 22.7. The maximum absolute atomic E-state index is 11.7. The van der Waals surface area contributed by atoms with Crippen LogP contribution in [0.15, 0.2) is 11.6 Å². The van der Waals surface area contributed by atoms with Crippen molar-refractivity contribution in [1.29, 1.82) is 0 Å². The minimum absolute atomic E-state index is 0.302. The number of carboxylic acids is 1. The highest BCUT2D eigenvalue weighted by Crippen LogP contribution is 2.12. The number of hydrogen-bond acceptors (Lipinski definition) is 3. The lowest BCUT2D eigenvalue weighted by molar-refractivity contribution is -0.143. The normalized spacial score (nSPS) is 20.7. The van der Waals surface area contributed by atoms with E-state index in [1.165, 1.54) is 0 Å². The van der Waals surface area contributed by atoms with Gasteiger partial charge in [-0.25, -0.2) is 4.79 Å². The third kappa shape index (κ3) is 4.56. The van der Waals surface area contributed by atoms with Gasteiger partial charge in [-0.3, -0.25) is 4.79 Å². The molecule has 0 aromatic heterocycles. The Morgan fingerprint density at radius 3 is 2.71 bits per heavy atom. The molecule has 5 nitrogen and oxygen atoms in total. The molecule has 0 saturated carbocycles. The van der Waals surface area contributed by atoms with Crippen molar-refractivity contribution in [2.45, 2.75) is 45.3 Å². The number of allylic oxidation sites excluding steroid dienone is 1. The monoisotopic (exact) mass is 241 g/mol. The van der Waals surface area contributed by atoms with Crippen molar-refractivity contribution in [2.75, 3.05) is 6.61 Å². The van der Waals surface area contributed by atoms with Gasteiger partial charge in [-0.1, -0.05) is 11.6 Å². The van der Waals surface area contributed by atoms with Crippen LogP contribution >= 0.6 is 0 Å². The number of nitrogens with one attached hydrogen (secondary N) is 1. The molecule has 1 saturated heterocycles. The fourth-order valence-corrected chi connectivity index (χ4v) is 1.62.